The van der Waals surface area contributed by atoms with E-state index in [9.17, 15) is 14.4 Å². The topological polar surface area (TPSA) is 88.2 Å². The lowest BCUT2D eigenvalue weighted by Crippen LogP contribution is -2.46. The van der Waals surface area contributed by atoms with E-state index in [-0.39, 0.29) is 30.2 Å². The van der Waals surface area contributed by atoms with Gasteiger partial charge in [0.05, 0.1) is 13.2 Å². The van der Waals surface area contributed by atoms with E-state index in [1.807, 2.05) is 0 Å². The molecule has 130 valence electrons. The molecule has 0 radical (unpaired) electrons. The fourth-order valence-corrected chi connectivity index (χ4v) is 2.81. The summed E-state index contributed by atoms with van der Waals surface area (Å²) in [6, 6.07) is 0.0852. The van der Waals surface area contributed by atoms with Gasteiger partial charge in [-0.2, -0.15) is 0 Å². The molecule has 8 heteroatoms. The van der Waals surface area contributed by atoms with Crippen LogP contribution in [0.4, 0.5) is 9.59 Å². The van der Waals surface area contributed by atoms with Crippen LogP contribution in [0, 0.1) is 0 Å². The number of carbonyl (C=O) groups excluding carboxylic acids is 3. The molecule has 1 N–H and O–H groups in total. The van der Waals surface area contributed by atoms with Gasteiger partial charge in [0, 0.05) is 32.6 Å². The highest BCUT2D eigenvalue weighted by molar-refractivity contribution is 5.76. The number of likely N-dealkylation sites (N-methyl/N-ethyl adjacent to an activating group) is 1. The van der Waals surface area contributed by atoms with Crippen molar-refractivity contribution in [3.8, 4) is 0 Å². The number of hydrogen-bond donors (Lipinski definition) is 1. The maximum absolute atomic E-state index is 12.0. The van der Waals surface area contributed by atoms with E-state index in [2.05, 4.69) is 5.32 Å². The summed E-state index contributed by atoms with van der Waals surface area (Å²) < 4.78 is 10.1. The van der Waals surface area contributed by atoms with Gasteiger partial charge in [0.15, 0.2) is 0 Å². The third-order valence-electron chi connectivity index (χ3n) is 4.14. The van der Waals surface area contributed by atoms with Crippen LogP contribution < -0.4 is 5.32 Å². The summed E-state index contributed by atoms with van der Waals surface area (Å²) >= 11 is 0. The fourth-order valence-electron chi connectivity index (χ4n) is 2.81. The molecule has 2 rings (SSSR count). The Morgan fingerprint density at radius 2 is 2.04 bits per heavy atom. The number of ether oxygens (including phenoxy) is 2. The van der Waals surface area contributed by atoms with Gasteiger partial charge in [0.2, 0.25) is 5.91 Å². The third-order valence-corrected chi connectivity index (χ3v) is 4.14. The molecule has 2 fully saturated rings. The van der Waals surface area contributed by atoms with E-state index in [0.29, 0.717) is 39.1 Å². The third kappa shape index (κ3) is 5.01. The first-order valence-electron chi connectivity index (χ1n) is 8.12. The predicted octanol–water partition coefficient (Wildman–Crippen LogP) is 0.954. The smallest absolute Gasteiger partial charge is 0.409 e. The van der Waals surface area contributed by atoms with E-state index in [1.54, 1.807) is 18.9 Å². The van der Waals surface area contributed by atoms with Crippen molar-refractivity contribution in [3.63, 3.8) is 0 Å². The van der Waals surface area contributed by atoms with Gasteiger partial charge in [0.25, 0.3) is 0 Å². The van der Waals surface area contributed by atoms with E-state index in [4.69, 9.17) is 9.47 Å². The van der Waals surface area contributed by atoms with Gasteiger partial charge >= 0.3 is 12.2 Å². The van der Waals surface area contributed by atoms with E-state index >= 15 is 0 Å². The van der Waals surface area contributed by atoms with Gasteiger partial charge in [0.1, 0.15) is 6.10 Å². The van der Waals surface area contributed by atoms with Crippen LogP contribution in [0.5, 0.6) is 0 Å². The maximum atomic E-state index is 12.0. The SMILES string of the molecule is CCOC(=O)N1CCC(NC(=O)CCC2CN(C)C(=O)O2)CC1. The minimum absolute atomic E-state index is 0.0369. The van der Waals surface area contributed by atoms with Crippen molar-refractivity contribution in [2.45, 2.75) is 44.8 Å². The summed E-state index contributed by atoms with van der Waals surface area (Å²) in [5.74, 6) is -0.0369. The Morgan fingerprint density at radius 3 is 2.61 bits per heavy atom. The Balaban J connectivity index is 1.63. The molecule has 1 atom stereocenters. The summed E-state index contributed by atoms with van der Waals surface area (Å²) in [6.07, 6.45) is 1.50. The van der Waals surface area contributed by atoms with E-state index in [1.165, 1.54) is 4.90 Å². The Kier molecular flexibility index (Phi) is 6.06. The first-order valence-corrected chi connectivity index (χ1v) is 8.12. The summed E-state index contributed by atoms with van der Waals surface area (Å²) in [5.41, 5.74) is 0. The van der Waals surface area contributed by atoms with Crippen molar-refractivity contribution < 1.29 is 23.9 Å². The van der Waals surface area contributed by atoms with Crippen molar-refractivity contribution in [3.05, 3.63) is 0 Å². The zero-order valence-corrected chi connectivity index (χ0v) is 13.7. The molecule has 0 aromatic rings. The van der Waals surface area contributed by atoms with Crippen LogP contribution in [0.15, 0.2) is 0 Å². The number of hydrogen-bond acceptors (Lipinski definition) is 5. The summed E-state index contributed by atoms with van der Waals surface area (Å²) in [6.45, 7) is 3.87. The van der Waals surface area contributed by atoms with Gasteiger partial charge in [-0.15, -0.1) is 0 Å². The first kappa shape index (κ1) is 17.4. The van der Waals surface area contributed by atoms with Crippen LogP contribution in [0.3, 0.4) is 0 Å². The van der Waals surface area contributed by atoms with Crippen LogP contribution in [0.2, 0.25) is 0 Å². The molecule has 0 bridgehead atoms. The number of nitrogens with one attached hydrogen (secondary N) is 1. The average molecular weight is 327 g/mol. The van der Waals surface area contributed by atoms with Crippen molar-refractivity contribution in [1.29, 1.82) is 0 Å². The quantitative estimate of drug-likeness (QED) is 0.812. The van der Waals surface area contributed by atoms with Crippen molar-refractivity contribution in [1.82, 2.24) is 15.1 Å². The van der Waals surface area contributed by atoms with Gasteiger partial charge in [-0.1, -0.05) is 0 Å². The molecule has 23 heavy (non-hydrogen) atoms. The van der Waals surface area contributed by atoms with Crippen LogP contribution >= 0.6 is 0 Å². The molecule has 0 spiro atoms. The maximum Gasteiger partial charge on any atom is 0.409 e. The molecule has 0 aliphatic carbocycles. The molecule has 2 aliphatic heterocycles. The summed E-state index contributed by atoms with van der Waals surface area (Å²) in [5, 5.41) is 2.98. The molecule has 2 aliphatic rings. The number of amides is 3. The first-order chi connectivity index (χ1) is 11.0. The Hall–Kier alpha value is -1.99. The second-order valence-electron chi connectivity index (χ2n) is 5.95. The minimum atomic E-state index is -0.332. The van der Waals surface area contributed by atoms with Gasteiger partial charge < -0.3 is 24.6 Å². The van der Waals surface area contributed by atoms with E-state index in [0.717, 1.165) is 12.8 Å². The molecule has 2 heterocycles. The normalized spacial score (nSPS) is 22.0. The highest BCUT2D eigenvalue weighted by Crippen LogP contribution is 2.15. The van der Waals surface area contributed by atoms with Crippen LogP contribution in [0.1, 0.15) is 32.6 Å². The molecule has 8 nitrogen and oxygen atoms in total. The summed E-state index contributed by atoms with van der Waals surface area (Å²) in [7, 11) is 1.68. The van der Waals surface area contributed by atoms with Crippen molar-refractivity contribution in [2.24, 2.45) is 0 Å². The monoisotopic (exact) mass is 327 g/mol. The van der Waals surface area contributed by atoms with E-state index < -0.39 is 0 Å². The number of piperidine rings is 1. The molecular formula is C15H25N3O5. The number of carbonyl (C=O) groups is 3. The standard InChI is InChI=1S/C15H25N3O5/c1-3-22-15(21)18-8-6-11(7-9-18)16-13(19)5-4-12-10-17(2)14(20)23-12/h11-12H,3-10H2,1-2H3,(H,16,19). The number of rotatable bonds is 5. The molecule has 0 aromatic heterocycles. The lowest BCUT2D eigenvalue weighted by molar-refractivity contribution is -0.122. The van der Waals surface area contributed by atoms with Crippen molar-refractivity contribution >= 4 is 18.1 Å². The number of nitrogens with zero attached hydrogens (tertiary/aromatic N) is 2. The van der Waals surface area contributed by atoms with Crippen LogP contribution in [0.25, 0.3) is 0 Å². The fraction of sp³-hybridized carbons (Fsp3) is 0.800. The second kappa shape index (κ2) is 8.03. The Labute approximate surface area is 136 Å². The Morgan fingerprint density at radius 1 is 1.35 bits per heavy atom. The summed E-state index contributed by atoms with van der Waals surface area (Å²) in [4.78, 5) is 38.0. The second-order valence-corrected chi connectivity index (χ2v) is 5.95. The largest absolute Gasteiger partial charge is 0.450 e. The highest BCUT2D eigenvalue weighted by atomic mass is 16.6. The van der Waals surface area contributed by atoms with Crippen LogP contribution in [-0.2, 0) is 14.3 Å². The molecule has 0 aromatic carbocycles. The molecule has 1 unspecified atom stereocenters. The molecule has 3 amide bonds. The zero-order chi connectivity index (χ0) is 16.8. The zero-order valence-electron chi connectivity index (χ0n) is 13.7. The van der Waals surface area contributed by atoms with Crippen LogP contribution in [-0.4, -0.2) is 73.3 Å². The number of cyclic esters (lactones) is 1. The molecular weight excluding hydrogens is 302 g/mol. The number of likely N-dealkylation sites (tertiary alicyclic amines) is 1. The van der Waals surface area contributed by atoms with Gasteiger partial charge in [-0.05, 0) is 26.2 Å². The predicted molar refractivity (Wildman–Crippen MR) is 81.9 cm³/mol. The molecule has 0 saturated carbocycles. The molecule has 2 saturated heterocycles. The average Bonchev–Trinajstić information content (AvgIpc) is 2.85. The lowest BCUT2D eigenvalue weighted by Gasteiger charge is -2.31. The van der Waals surface area contributed by atoms with Crippen molar-refractivity contribution in [2.75, 3.05) is 33.3 Å². The van der Waals surface area contributed by atoms with Gasteiger partial charge in [-0.3, -0.25) is 4.79 Å². The Bertz CT molecular complexity index is 448. The minimum Gasteiger partial charge on any atom is -0.450 e. The highest BCUT2D eigenvalue weighted by Gasteiger charge is 2.29. The van der Waals surface area contributed by atoms with Gasteiger partial charge in [-0.25, -0.2) is 9.59 Å². The lowest BCUT2D eigenvalue weighted by atomic mass is 10.0.